The van der Waals surface area contributed by atoms with Gasteiger partial charge in [0.05, 0.1) is 18.1 Å². The fourth-order valence-corrected chi connectivity index (χ4v) is 1.48. The zero-order valence-electron chi connectivity index (χ0n) is 7.44. The molecule has 0 aromatic heterocycles. The molecule has 1 aromatic carbocycles. The van der Waals surface area contributed by atoms with E-state index in [2.05, 4.69) is 26.0 Å². The highest BCUT2D eigenvalue weighted by Crippen LogP contribution is 2.35. The maximum Gasteiger partial charge on any atom is 0.172 e. The number of aromatic hydroxyl groups is 1. The Balaban J connectivity index is 3.09. The molecule has 0 aliphatic heterocycles. The lowest BCUT2D eigenvalue weighted by Crippen LogP contribution is -1.88. The second-order valence-electron chi connectivity index (χ2n) is 2.52. The molecule has 74 valence electrons. The first-order chi connectivity index (χ1) is 6.69. The number of benzene rings is 1. The number of halogens is 1. The molecule has 0 unspecified atom stereocenters. The van der Waals surface area contributed by atoms with Gasteiger partial charge in [0.15, 0.2) is 11.5 Å². The van der Waals surface area contributed by atoms with Crippen LogP contribution in [0.4, 0.5) is 0 Å². The van der Waals surface area contributed by atoms with Gasteiger partial charge in [0.1, 0.15) is 0 Å². The Morgan fingerprint density at radius 3 is 2.93 bits per heavy atom. The maximum atomic E-state index is 9.47. The molecule has 0 saturated heterocycles. The van der Waals surface area contributed by atoms with E-state index in [0.717, 1.165) is 5.56 Å². The van der Waals surface area contributed by atoms with E-state index >= 15 is 0 Å². The van der Waals surface area contributed by atoms with Crippen molar-refractivity contribution in [1.82, 2.24) is 0 Å². The van der Waals surface area contributed by atoms with Crippen LogP contribution in [-0.4, -0.2) is 12.2 Å². The van der Waals surface area contributed by atoms with E-state index in [1.807, 2.05) is 0 Å². The molecule has 0 atom stereocenters. The first-order valence-corrected chi connectivity index (χ1v) is 4.54. The molecule has 6 heteroatoms. The van der Waals surface area contributed by atoms with Gasteiger partial charge in [0.2, 0.25) is 0 Å². The summed E-state index contributed by atoms with van der Waals surface area (Å²) in [6.07, 6.45) is 0. The highest BCUT2D eigenvalue weighted by atomic mass is 79.9. The lowest BCUT2D eigenvalue weighted by molar-refractivity contribution is 0.371. The predicted octanol–water partition coefficient (Wildman–Crippen LogP) is 2.97. The van der Waals surface area contributed by atoms with Crippen LogP contribution in [0.3, 0.4) is 0 Å². The summed E-state index contributed by atoms with van der Waals surface area (Å²) in [6.45, 7) is 0.228. The van der Waals surface area contributed by atoms with Crippen molar-refractivity contribution in [2.75, 3.05) is 7.11 Å². The van der Waals surface area contributed by atoms with Crippen LogP contribution in [0.15, 0.2) is 21.7 Å². The molecule has 1 N–H and O–H groups in total. The number of hydrogen-bond donors (Lipinski definition) is 1. The van der Waals surface area contributed by atoms with Gasteiger partial charge >= 0.3 is 0 Å². The SMILES string of the molecule is COc1cc(CN=[N+]=[N-])cc(Br)c1O. The molecule has 0 bridgehead atoms. The van der Waals surface area contributed by atoms with Crippen molar-refractivity contribution in [2.24, 2.45) is 5.11 Å². The van der Waals surface area contributed by atoms with Crippen LogP contribution in [0.25, 0.3) is 10.4 Å². The third-order valence-electron chi connectivity index (χ3n) is 1.62. The summed E-state index contributed by atoms with van der Waals surface area (Å²) in [6, 6.07) is 3.29. The molecule has 0 heterocycles. The normalized spacial score (nSPS) is 9.29. The zero-order chi connectivity index (χ0) is 10.6. The van der Waals surface area contributed by atoms with E-state index in [0.29, 0.717) is 10.2 Å². The van der Waals surface area contributed by atoms with Crippen LogP contribution < -0.4 is 4.74 Å². The van der Waals surface area contributed by atoms with Crippen molar-refractivity contribution in [1.29, 1.82) is 0 Å². The summed E-state index contributed by atoms with van der Waals surface area (Å²) in [5.74, 6) is 0.389. The third kappa shape index (κ3) is 2.31. The zero-order valence-corrected chi connectivity index (χ0v) is 9.02. The number of rotatable bonds is 3. The number of nitrogens with zero attached hydrogens (tertiary/aromatic N) is 3. The summed E-state index contributed by atoms with van der Waals surface area (Å²) in [5, 5.41) is 12.9. The predicted molar refractivity (Wildman–Crippen MR) is 55.2 cm³/mol. The second-order valence-corrected chi connectivity index (χ2v) is 3.37. The average Bonchev–Trinajstić information content (AvgIpc) is 2.19. The molecule has 0 aliphatic rings. The van der Waals surface area contributed by atoms with Crippen molar-refractivity contribution >= 4 is 15.9 Å². The fraction of sp³-hybridized carbons (Fsp3) is 0.250. The summed E-state index contributed by atoms with van der Waals surface area (Å²) in [4.78, 5) is 2.64. The van der Waals surface area contributed by atoms with Gasteiger partial charge < -0.3 is 9.84 Å². The molecule has 0 amide bonds. The van der Waals surface area contributed by atoms with Crippen molar-refractivity contribution in [2.45, 2.75) is 6.54 Å². The van der Waals surface area contributed by atoms with Crippen molar-refractivity contribution < 1.29 is 9.84 Å². The third-order valence-corrected chi connectivity index (χ3v) is 2.23. The van der Waals surface area contributed by atoms with Crippen LogP contribution in [0.1, 0.15) is 5.56 Å². The number of ether oxygens (including phenoxy) is 1. The van der Waals surface area contributed by atoms with Crippen LogP contribution >= 0.6 is 15.9 Å². The Hall–Kier alpha value is -1.39. The fourth-order valence-electron chi connectivity index (χ4n) is 0.987. The second kappa shape index (κ2) is 4.74. The van der Waals surface area contributed by atoms with Gasteiger partial charge in [-0.25, -0.2) is 0 Å². The van der Waals surface area contributed by atoms with Crippen LogP contribution in [0.5, 0.6) is 11.5 Å². The molecule has 1 aromatic rings. The van der Waals surface area contributed by atoms with E-state index in [1.54, 1.807) is 12.1 Å². The molecular weight excluding hydrogens is 250 g/mol. The van der Waals surface area contributed by atoms with Crippen LogP contribution in [0, 0.1) is 0 Å². The van der Waals surface area contributed by atoms with Gasteiger partial charge in [-0.2, -0.15) is 0 Å². The summed E-state index contributed by atoms with van der Waals surface area (Å²) in [7, 11) is 1.46. The number of methoxy groups -OCH3 is 1. The van der Waals surface area contributed by atoms with Gasteiger partial charge in [-0.3, -0.25) is 0 Å². The molecule has 0 fully saturated rings. The summed E-state index contributed by atoms with van der Waals surface area (Å²) in [5.41, 5.74) is 8.91. The first kappa shape index (κ1) is 10.7. The van der Waals surface area contributed by atoms with E-state index in [1.165, 1.54) is 7.11 Å². The monoisotopic (exact) mass is 257 g/mol. The molecule has 14 heavy (non-hydrogen) atoms. The van der Waals surface area contributed by atoms with Crippen molar-refractivity contribution in [3.05, 3.63) is 32.6 Å². The smallest absolute Gasteiger partial charge is 0.172 e. The van der Waals surface area contributed by atoms with Gasteiger partial charge in [-0.05, 0) is 39.2 Å². The molecular formula is C8H8BrN3O2. The number of azide groups is 1. The Morgan fingerprint density at radius 1 is 1.64 bits per heavy atom. The lowest BCUT2D eigenvalue weighted by Gasteiger charge is -2.06. The lowest BCUT2D eigenvalue weighted by atomic mass is 10.2. The Kier molecular flexibility index (Phi) is 3.62. The Labute approximate surface area is 89.1 Å². The average molecular weight is 258 g/mol. The summed E-state index contributed by atoms with van der Waals surface area (Å²) >= 11 is 3.16. The van der Waals surface area contributed by atoms with Gasteiger partial charge in [0, 0.05) is 4.91 Å². The minimum atomic E-state index is 0.0391. The molecule has 5 nitrogen and oxygen atoms in total. The minimum Gasteiger partial charge on any atom is -0.503 e. The molecule has 0 radical (unpaired) electrons. The van der Waals surface area contributed by atoms with E-state index < -0.39 is 0 Å². The molecule has 0 saturated carbocycles. The number of hydrogen-bond acceptors (Lipinski definition) is 3. The van der Waals surface area contributed by atoms with Crippen LogP contribution in [0.2, 0.25) is 0 Å². The topological polar surface area (TPSA) is 78.2 Å². The largest absolute Gasteiger partial charge is 0.503 e. The number of phenolic OH excluding ortho intramolecular Hbond substituents is 1. The quantitative estimate of drug-likeness (QED) is 0.513. The summed E-state index contributed by atoms with van der Waals surface area (Å²) < 4.78 is 5.45. The highest BCUT2D eigenvalue weighted by Gasteiger charge is 2.07. The first-order valence-electron chi connectivity index (χ1n) is 3.75. The maximum absolute atomic E-state index is 9.47. The highest BCUT2D eigenvalue weighted by molar-refractivity contribution is 9.10. The van der Waals surface area contributed by atoms with Gasteiger partial charge in [-0.15, -0.1) is 0 Å². The van der Waals surface area contributed by atoms with Crippen LogP contribution in [-0.2, 0) is 6.54 Å². The van der Waals surface area contributed by atoms with Crippen molar-refractivity contribution in [3.63, 3.8) is 0 Å². The van der Waals surface area contributed by atoms with E-state index in [9.17, 15) is 5.11 Å². The number of phenols is 1. The van der Waals surface area contributed by atoms with E-state index in [-0.39, 0.29) is 12.3 Å². The Morgan fingerprint density at radius 2 is 2.36 bits per heavy atom. The molecule has 1 rings (SSSR count). The van der Waals surface area contributed by atoms with Gasteiger partial charge in [-0.1, -0.05) is 5.11 Å². The van der Waals surface area contributed by atoms with E-state index in [4.69, 9.17) is 10.3 Å². The minimum absolute atomic E-state index is 0.0391. The molecule has 0 aliphatic carbocycles. The Bertz CT molecular complexity index is 388. The molecule has 0 spiro atoms. The van der Waals surface area contributed by atoms with Crippen molar-refractivity contribution in [3.8, 4) is 11.5 Å². The van der Waals surface area contributed by atoms with Gasteiger partial charge in [0.25, 0.3) is 0 Å². The standard InChI is InChI=1S/C8H8BrN3O2/c1-14-7-3-5(4-11-12-10)2-6(9)8(7)13/h2-3,13H,4H2,1H3.